The van der Waals surface area contributed by atoms with Crippen LogP contribution in [0.5, 0.6) is 0 Å². The number of fused-ring (bicyclic) bond motifs is 6. The van der Waals surface area contributed by atoms with Crippen LogP contribution in [-0.2, 0) is 24.2 Å². The molecule has 0 radical (unpaired) electrons. The van der Waals surface area contributed by atoms with Crippen molar-refractivity contribution in [3.8, 4) is 0 Å². The number of aryl methyl sites for hydroxylation is 3. The number of hydrogen-bond acceptors (Lipinski definition) is 8. The Morgan fingerprint density at radius 1 is 1.00 bits per heavy atom. The topological polar surface area (TPSA) is 104 Å². The molecule has 0 spiro atoms. The van der Waals surface area contributed by atoms with Crippen LogP contribution in [0.1, 0.15) is 41.5 Å². The van der Waals surface area contributed by atoms with E-state index in [0.717, 1.165) is 91.3 Å². The zero-order chi connectivity index (χ0) is 28.7. The van der Waals surface area contributed by atoms with Crippen LogP contribution >= 0.6 is 0 Å². The van der Waals surface area contributed by atoms with Crippen molar-refractivity contribution in [3.63, 3.8) is 0 Å². The molecule has 0 aliphatic carbocycles. The highest BCUT2D eigenvalue weighted by Gasteiger charge is 2.23. The number of nitrogens with zero attached hydrogens (tertiary/aromatic N) is 4. The van der Waals surface area contributed by atoms with Gasteiger partial charge in [0, 0.05) is 49.0 Å². The fraction of sp³-hybridized carbons (Fsp3) is 0.333. The first-order valence-corrected chi connectivity index (χ1v) is 14.7. The minimum atomic E-state index is -0.214. The van der Waals surface area contributed by atoms with Gasteiger partial charge in [0.25, 0.3) is 0 Å². The molecule has 1 saturated heterocycles. The standard InChI is InChI=1S/C33H37N7O2/c1-23-19-36-32-38-29-17-26(20-34-21-29)7-8-27-18-28(37-31(23)39-32)9-10-30(27)35-14-11-24-12-15-40(16-13-24)33(41)42-22-25-5-3-2-4-6-25/h2-6,9-10,17-21,24,35H,7-8,11-16,22H2,1H3,(H2,36,37,38,39). The monoisotopic (exact) mass is 563 g/mol. The Balaban J connectivity index is 1.05. The smallest absolute Gasteiger partial charge is 0.410 e. The van der Waals surface area contributed by atoms with E-state index in [9.17, 15) is 4.79 Å². The summed E-state index contributed by atoms with van der Waals surface area (Å²) in [6.07, 6.45) is 10.1. The number of hydrogen-bond donors (Lipinski definition) is 3. The lowest BCUT2D eigenvalue weighted by Crippen LogP contribution is -2.39. The van der Waals surface area contributed by atoms with Gasteiger partial charge < -0.3 is 25.6 Å². The van der Waals surface area contributed by atoms with Gasteiger partial charge in [0.15, 0.2) is 0 Å². The van der Waals surface area contributed by atoms with Gasteiger partial charge in [-0.15, -0.1) is 0 Å². The molecule has 2 aromatic carbocycles. The van der Waals surface area contributed by atoms with E-state index in [-0.39, 0.29) is 6.09 Å². The van der Waals surface area contributed by atoms with Gasteiger partial charge >= 0.3 is 6.09 Å². The van der Waals surface area contributed by atoms with Crippen LogP contribution in [0.2, 0.25) is 0 Å². The minimum Gasteiger partial charge on any atom is -0.445 e. The Hall–Kier alpha value is -4.66. The predicted molar refractivity (Wildman–Crippen MR) is 165 cm³/mol. The number of rotatable bonds is 6. The third kappa shape index (κ3) is 6.97. The fourth-order valence-electron chi connectivity index (χ4n) is 5.54. The highest BCUT2D eigenvalue weighted by Crippen LogP contribution is 2.28. The lowest BCUT2D eigenvalue weighted by Gasteiger charge is -2.31. The van der Waals surface area contributed by atoms with Crippen molar-refractivity contribution in [3.05, 3.63) is 95.4 Å². The van der Waals surface area contributed by atoms with Crippen LogP contribution in [0.25, 0.3) is 0 Å². The van der Waals surface area contributed by atoms with E-state index in [4.69, 9.17) is 9.72 Å². The summed E-state index contributed by atoms with van der Waals surface area (Å²) in [5.74, 6) is 1.89. The second kappa shape index (κ2) is 12.9. The van der Waals surface area contributed by atoms with Crippen LogP contribution in [0.4, 0.5) is 33.6 Å². The molecule has 0 unspecified atom stereocenters. The van der Waals surface area contributed by atoms with Crippen molar-refractivity contribution < 1.29 is 9.53 Å². The SMILES string of the molecule is Cc1cnc2nc1Nc1ccc(NCCC3CCN(C(=O)OCc4ccccc4)CC3)c(c1)CCc1cncc(c1)N2. The maximum Gasteiger partial charge on any atom is 0.410 e. The van der Waals surface area contributed by atoms with E-state index in [1.54, 1.807) is 6.20 Å². The van der Waals surface area contributed by atoms with Gasteiger partial charge in [0.05, 0.1) is 11.9 Å². The molecule has 0 atom stereocenters. The van der Waals surface area contributed by atoms with Crippen molar-refractivity contribution in [2.24, 2.45) is 5.92 Å². The number of ether oxygens (including phenoxy) is 1. The van der Waals surface area contributed by atoms with Gasteiger partial charge in [-0.25, -0.2) is 9.78 Å². The average molecular weight is 564 g/mol. The molecule has 6 rings (SSSR count). The average Bonchev–Trinajstić information content (AvgIpc) is 3.02. The number of aromatic nitrogens is 3. The van der Waals surface area contributed by atoms with Crippen LogP contribution in [-0.4, -0.2) is 45.6 Å². The highest BCUT2D eigenvalue weighted by atomic mass is 16.6. The Morgan fingerprint density at radius 3 is 2.71 bits per heavy atom. The lowest BCUT2D eigenvalue weighted by molar-refractivity contribution is 0.0818. The molecule has 4 heterocycles. The number of amides is 1. The number of carbonyl (C=O) groups excluding carboxylic acids is 1. The number of likely N-dealkylation sites (tertiary alicyclic amines) is 1. The van der Waals surface area contributed by atoms with Crippen molar-refractivity contribution in [2.45, 2.75) is 45.6 Å². The molecule has 1 amide bonds. The normalized spacial score (nSPS) is 14.8. The van der Waals surface area contributed by atoms with E-state index >= 15 is 0 Å². The summed E-state index contributed by atoms with van der Waals surface area (Å²) in [5.41, 5.74) is 7.42. The Bertz CT molecular complexity index is 1520. The van der Waals surface area contributed by atoms with Gasteiger partial charge in [0.2, 0.25) is 5.95 Å². The van der Waals surface area contributed by atoms with E-state index < -0.39 is 0 Å². The molecule has 3 N–H and O–H groups in total. The van der Waals surface area contributed by atoms with Gasteiger partial charge in [-0.05, 0) is 85.9 Å². The molecule has 1 fully saturated rings. The lowest BCUT2D eigenvalue weighted by atomic mass is 9.93. The molecule has 4 aromatic rings. The molecule has 9 heteroatoms. The predicted octanol–water partition coefficient (Wildman–Crippen LogP) is 6.62. The third-order valence-electron chi connectivity index (χ3n) is 8.02. The molecule has 2 aliphatic heterocycles. The molecule has 9 nitrogen and oxygen atoms in total. The highest BCUT2D eigenvalue weighted by molar-refractivity contribution is 5.68. The minimum absolute atomic E-state index is 0.214. The van der Waals surface area contributed by atoms with Crippen molar-refractivity contribution in [2.75, 3.05) is 35.6 Å². The third-order valence-corrected chi connectivity index (χ3v) is 8.02. The summed E-state index contributed by atoms with van der Waals surface area (Å²) in [6, 6.07) is 18.4. The second-order valence-corrected chi connectivity index (χ2v) is 11.1. The summed E-state index contributed by atoms with van der Waals surface area (Å²) in [5, 5.41) is 10.5. The van der Waals surface area contributed by atoms with Crippen LogP contribution in [0, 0.1) is 12.8 Å². The number of carbonyl (C=O) groups is 1. The molecule has 216 valence electrons. The number of benzene rings is 2. The number of pyridine rings is 1. The molecule has 0 saturated carbocycles. The van der Waals surface area contributed by atoms with E-state index in [0.29, 0.717) is 18.5 Å². The Labute approximate surface area is 246 Å². The van der Waals surface area contributed by atoms with Crippen molar-refractivity contribution in [1.29, 1.82) is 0 Å². The summed E-state index contributed by atoms with van der Waals surface area (Å²) in [6.45, 7) is 4.70. The second-order valence-electron chi connectivity index (χ2n) is 11.1. The van der Waals surface area contributed by atoms with Gasteiger partial charge in [-0.2, -0.15) is 4.98 Å². The van der Waals surface area contributed by atoms with Crippen molar-refractivity contribution >= 4 is 34.9 Å². The van der Waals surface area contributed by atoms with Crippen LogP contribution in [0.3, 0.4) is 0 Å². The quantitative estimate of drug-likeness (QED) is 0.241. The Kier molecular flexibility index (Phi) is 8.44. The first-order valence-electron chi connectivity index (χ1n) is 14.7. The van der Waals surface area contributed by atoms with Gasteiger partial charge in [0.1, 0.15) is 12.4 Å². The fourth-order valence-corrected chi connectivity index (χ4v) is 5.54. The first-order chi connectivity index (χ1) is 20.6. The largest absolute Gasteiger partial charge is 0.445 e. The molecular formula is C33H37N7O2. The maximum atomic E-state index is 12.5. The summed E-state index contributed by atoms with van der Waals surface area (Å²) < 4.78 is 5.53. The zero-order valence-electron chi connectivity index (χ0n) is 24.0. The zero-order valence-corrected chi connectivity index (χ0v) is 24.0. The van der Waals surface area contributed by atoms with Crippen LogP contribution < -0.4 is 16.0 Å². The Morgan fingerprint density at radius 2 is 1.86 bits per heavy atom. The maximum absolute atomic E-state index is 12.5. The molecule has 2 aliphatic rings. The number of anilines is 5. The van der Waals surface area contributed by atoms with E-state index in [2.05, 4.69) is 50.2 Å². The first kappa shape index (κ1) is 27.5. The summed E-state index contributed by atoms with van der Waals surface area (Å²) >= 11 is 0. The van der Waals surface area contributed by atoms with Gasteiger partial charge in [-0.1, -0.05) is 30.3 Å². The number of piperidine rings is 1. The van der Waals surface area contributed by atoms with Gasteiger partial charge in [-0.3, -0.25) is 4.98 Å². The van der Waals surface area contributed by atoms with E-state index in [1.807, 2.05) is 54.5 Å². The van der Waals surface area contributed by atoms with Crippen LogP contribution in [0.15, 0.2) is 73.2 Å². The summed E-state index contributed by atoms with van der Waals surface area (Å²) in [4.78, 5) is 27.9. The van der Waals surface area contributed by atoms with E-state index in [1.165, 1.54) is 5.56 Å². The molecule has 2 aromatic heterocycles. The number of nitrogens with one attached hydrogen (secondary N) is 3. The molecular weight excluding hydrogens is 526 g/mol. The molecule has 42 heavy (non-hydrogen) atoms. The summed E-state index contributed by atoms with van der Waals surface area (Å²) in [7, 11) is 0. The van der Waals surface area contributed by atoms with Crippen molar-refractivity contribution in [1.82, 2.24) is 19.9 Å². The molecule has 6 bridgehead atoms.